The Labute approximate surface area is 121 Å². The van der Waals surface area contributed by atoms with Crippen molar-refractivity contribution >= 4 is 25.8 Å². The van der Waals surface area contributed by atoms with Crippen LogP contribution < -0.4 is 5.32 Å². The number of benzene rings is 1. The molecule has 5 nitrogen and oxygen atoms in total. The first-order valence-electron chi connectivity index (χ1n) is 5.90. The fourth-order valence-electron chi connectivity index (χ4n) is 1.84. The molecule has 0 amide bonds. The van der Waals surface area contributed by atoms with E-state index >= 15 is 0 Å². The van der Waals surface area contributed by atoms with Gasteiger partial charge in [0.05, 0.1) is 24.2 Å². The summed E-state index contributed by atoms with van der Waals surface area (Å²) >= 11 is 3.27. The van der Waals surface area contributed by atoms with E-state index in [1.807, 2.05) is 0 Å². The van der Waals surface area contributed by atoms with Gasteiger partial charge in [0.1, 0.15) is 5.25 Å². The van der Waals surface area contributed by atoms with E-state index in [4.69, 9.17) is 4.74 Å². The highest BCUT2D eigenvalue weighted by atomic mass is 79.9. The first-order valence-corrected chi connectivity index (χ1v) is 8.24. The van der Waals surface area contributed by atoms with Gasteiger partial charge in [-0.3, -0.25) is 0 Å². The zero-order chi connectivity index (χ0) is 14.0. The van der Waals surface area contributed by atoms with Crippen molar-refractivity contribution in [2.75, 3.05) is 26.8 Å². The summed E-state index contributed by atoms with van der Waals surface area (Å²) in [5, 5.41) is 12.3. The van der Waals surface area contributed by atoms with Gasteiger partial charge in [0.2, 0.25) is 0 Å². The lowest BCUT2D eigenvalue weighted by molar-refractivity contribution is 0.0416. The SMILES string of the molecule is CNCC(O)c1ccc(S(=O)(=O)C2COC2)c(Br)c1. The molecule has 1 aliphatic rings. The van der Waals surface area contributed by atoms with Crippen molar-refractivity contribution in [2.45, 2.75) is 16.2 Å². The maximum atomic E-state index is 12.3. The quantitative estimate of drug-likeness (QED) is 0.825. The molecular weight excluding hydrogens is 334 g/mol. The lowest BCUT2D eigenvalue weighted by atomic mass is 10.1. The molecule has 1 aromatic rings. The fraction of sp³-hybridized carbons (Fsp3) is 0.500. The second-order valence-electron chi connectivity index (χ2n) is 4.47. The monoisotopic (exact) mass is 349 g/mol. The summed E-state index contributed by atoms with van der Waals surface area (Å²) in [6, 6.07) is 4.82. The molecule has 0 aromatic heterocycles. The fourth-order valence-corrected chi connectivity index (χ4v) is 4.41. The molecule has 1 atom stereocenters. The summed E-state index contributed by atoms with van der Waals surface area (Å²) in [6.45, 7) is 0.910. The van der Waals surface area contributed by atoms with Crippen LogP contribution in [-0.2, 0) is 14.6 Å². The first kappa shape index (κ1) is 14.9. The number of likely N-dealkylation sites (N-methyl/N-ethyl adjacent to an activating group) is 1. The minimum atomic E-state index is -3.36. The molecule has 2 N–H and O–H groups in total. The lowest BCUT2D eigenvalue weighted by Gasteiger charge is -2.26. The van der Waals surface area contributed by atoms with E-state index in [0.29, 0.717) is 16.6 Å². The minimum absolute atomic E-state index is 0.249. The van der Waals surface area contributed by atoms with Gasteiger partial charge in [-0.2, -0.15) is 0 Å². The summed E-state index contributed by atoms with van der Waals surface area (Å²) in [6.07, 6.45) is -0.662. The minimum Gasteiger partial charge on any atom is -0.387 e. The summed E-state index contributed by atoms with van der Waals surface area (Å²) in [4.78, 5) is 0.251. The molecular formula is C12H16BrNO4S. The van der Waals surface area contributed by atoms with Gasteiger partial charge in [-0.1, -0.05) is 6.07 Å². The highest BCUT2D eigenvalue weighted by Crippen LogP contribution is 2.30. The van der Waals surface area contributed by atoms with E-state index in [9.17, 15) is 13.5 Å². The third-order valence-electron chi connectivity index (χ3n) is 3.09. The van der Waals surface area contributed by atoms with Crippen LogP contribution in [0.3, 0.4) is 0 Å². The molecule has 1 aliphatic heterocycles. The highest BCUT2D eigenvalue weighted by molar-refractivity contribution is 9.10. The van der Waals surface area contributed by atoms with Gasteiger partial charge in [0.15, 0.2) is 9.84 Å². The third kappa shape index (κ3) is 3.00. The van der Waals surface area contributed by atoms with E-state index in [-0.39, 0.29) is 18.1 Å². The molecule has 0 saturated carbocycles. The Bertz CT molecular complexity index is 557. The Kier molecular flexibility index (Phi) is 4.62. The predicted molar refractivity (Wildman–Crippen MR) is 74.8 cm³/mol. The van der Waals surface area contributed by atoms with Crippen molar-refractivity contribution < 1.29 is 18.3 Å². The van der Waals surface area contributed by atoms with Crippen molar-refractivity contribution in [2.24, 2.45) is 0 Å². The van der Waals surface area contributed by atoms with Crippen LogP contribution >= 0.6 is 15.9 Å². The van der Waals surface area contributed by atoms with E-state index in [1.165, 1.54) is 6.07 Å². The van der Waals surface area contributed by atoms with E-state index in [0.717, 1.165) is 0 Å². The Morgan fingerprint density at radius 2 is 2.21 bits per heavy atom. The van der Waals surface area contributed by atoms with Crippen LogP contribution in [0.15, 0.2) is 27.6 Å². The first-order chi connectivity index (χ1) is 8.96. The summed E-state index contributed by atoms with van der Waals surface area (Å²) in [7, 11) is -1.61. The van der Waals surface area contributed by atoms with Crippen LogP contribution in [0.4, 0.5) is 0 Å². The van der Waals surface area contributed by atoms with Crippen molar-refractivity contribution in [1.29, 1.82) is 0 Å². The van der Waals surface area contributed by atoms with Crippen molar-refractivity contribution in [3.05, 3.63) is 28.2 Å². The second-order valence-corrected chi connectivity index (χ2v) is 7.52. The number of aliphatic hydroxyl groups is 1. The number of nitrogens with one attached hydrogen (secondary N) is 1. The van der Waals surface area contributed by atoms with Gasteiger partial charge in [-0.25, -0.2) is 8.42 Å². The van der Waals surface area contributed by atoms with Crippen LogP contribution in [0, 0.1) is 0 Å². The molecule has 0 spiro atoms. The second kappa shape index (κ2) is 5.88. The topological polar surface area (TPSA) is 75.6 Å². The molecule has 1 saturated heterocycles. The maximum Gasteiger partial charge on any atom is 0.186 e. The molecule has 1 unspecified atom stereocenters. The average molecular weight is 350 g/mol. The number of hydrogen-bond acceptors (Lipinski definition) is 5. The summed E-state index contributed by atoms with van der Waals surface area (Å²) in [5.41, 5.74) is 0.671. The number of rotatable bonds is 5. The largest absolute Gasteiger partial charge is 0.387 e. The van der Waals surface area contributed by atoms with E-state index in [1.54, 1.807) is 19.2 Å². The van der Waals surface area contributed by atoms with Crippen molar-refractivity contribution in [3.8, 4) is 0 Å². The molecule has 0 bridgehead atoms. The average Bonchev–Trinajstić information content (AvgIpc) is 2.25. The van der Waals surface area contributed by atoms with Gasteiger partial charge in [-0.05, 0) is 40.7 Å². The Hall–Kier alpha value is -0.470. The highest BCUT2D eigenvalue weighted by Gasteiger charge is 2.35. The van der Waals surface area contributed by atoms with Crippen molar-refractivity contribution in [1.82, 2.24) is 5.32 Å². The van der Waals surface area contributed by atoms with E-state index in [2.05, 4.69) is 21.2 Å². The molecule has 19 heavy (non-hydrogen) atoms. The van der Waals surface area contributed by atoms with Crippen LogP contribution in [0.2, 0.25) is 0 Å². The smallest absolute Gasteiger partial charge is 0.186 e. The molecule has 7 heteroatoms. The molecule has 1 heterocycles. The Morgan fingerprint density at radius 1 is 1.53 bits per heavy atom. The molecule has 0 radical (unpaired) electrons. The Morgan fingerprint density at radius 3 is 2.68 bits per heavy atom. The number of sulfone groups is 1. The standard InChI is InChI=1S/C12H16BrNO4S/c1-14-5-11(15)8-2-3-12(10(13)4-8)19(16,17)9-6-18-7-9/h2-4,9,11,14-15H,5-7H2,1H3. The molecule has 1 aromatic carbocycles. The van der Waals surface area contributed by atoms with Gasteiger partial charge in [0.25, 0.3) is 0 Å². The van der Waals surface area contributed by atoms with Crippen LogP contribution in [0.25, 0.3) is 0 Å². The molecule has 1 fully saturated rings. The zero-order valence-electron chi connectivity index (χ0n) is 10.5. The van der Waals surface area contributed by atoms with Crippen molar-refractivity contribution in [3.63, 3.8) is 0 Å². The lowest BCUT2D eigenvalue weighted by Crippen LogP contribution is -2.40. The normalized spacial score (nSPS) is 18.1. The number of hydrogen-bond donors (Lipinski definition) is 2. The Balaban J connectivity index is 2.29. The maximum absolute atomic E-state index is 12.3. The van der Waals surface area contributed by atoms with E-state index < -0.39 is 21.2 Å². The number of halogens is 1. The van der Waals surface area contributed by atoms with Gasteiger partial charge in [-0.15, -0.1) is 0 Å². The summed E-state index contributed by atoms with van der Waals surface area (Å²) in [5.74, 6) is 0. The third-order valence-corrected chi connectivity index (χ3v) is 6.13. The predicted octanol–water partition coefficient (Wildman–Crippen LogP) is 0.874. The van der Waals surface area contributed by atoms with Gasteiger partial charge in [0, 0.05) is 11.0 Å². The zero-order valence-corrected chi connectivity index (χ0v) is 12.9. The van der Waals surface area contributed by atoms with Crippen LogP contribution in [0.1, 0.15) is 11.7 Å². The van der Waals surface area contributed by atoms with Crippen LogP contribution in [-0.4, -0.2) is 45.6 Å². The molecule has 2 rings (SSSR count). The van der Waals surface area contributed by atoms with Gasteiger partial charge < -0.3 is 15.2 Å². The number of ether oxygens (including phenoxy) is 1. The molecule has 0 aliphatic carbocycles. The van der Waals surface area contributed by atoms with Gasteiger partial charge >= 0.3 is 0 Å². The number of aliphatic hydroxyl groups excluding tert-OH is 1. The molecule has 106 valence electrons. The summed E-state index contributed by atoms with van der Waals surface area (Å²) < 4.78 is 29.9. The van der Waals surface area contributed by atoms with Crippen LogP contribution in [0.5, 0.6) is 0 Å².